The van der Waals surface area contributed by atoms with Gasteiger partial charge in [-0.3, -0.25) is 9.59 Å². The van der Waals surface area contributed by atoms with Crippen molar-refractivity contribution >= 4 is 29.2 Å². The Kier molecular flexibility index (Phi) is 11.9. The van der Waals surface area contributed by atoms with E-state index in [1.54, 1.807) is 26.2 Å². The number of nitrogens with zero attached hydrogens (tertiary/aromatic N) is 4. The Labute approximate surface area is 263 Å². The fourth-order valence-corrected chi connectivity index (χ4v) is 5.73. The van der Waals surface area contributed by atoms with E-state index in [0.29, 0.717) is 55.8 Å². The molecule has 1 saturated heterocycles. The van der Waals surface area contributed by atoms with Crippen LogP contribution in [-0.2, 0) is 10.4 Å². The highest BCUT2D eigenvalue weighted by Gasteiger charge is 2.61. The number of aromatic nitrogens is 1. The van der Waals surface area contributed by atoms with E-state index in [2.05, 4.69) is 9.88 Å². The maximum absolute atomic E-state index is 14.3. The number of likely N-dealkylation sites (N-methyl/N-ethyl adjacent to an activating group) is 1. The molecule has 2 aromatic rings. The number of benzene rings is 1. The quantitative estimate of drug-likeness (QED) is 0.286. The van der Waals surface area contributed by atoms with Crippen molar-refractivity contribution in [2.75, 3.05) is 52.3 Å². The largest absolute Gasteiger partial charge is 0.494 e. The summed E-state index contributed by atoms with van der Waals surface area (Å²) < 4.78 is 48.6. The van der Waals surface area contributed by atoms with Crippen molar-refractivity contribution in [3.8, 4) is 5.75 Å². The summed E-state index contributed by atoms with van der Waals surface area (Å²) in [5, 5.41) is 11.1. The second-order valence-electron chi connectivity index (χ2n) is 12.4. The van der Waals surface area contributed by atoms with Crippen molar-refractivity contribution in [3.63, 3.8) is 0 Å². The molecule has 1 aromatic carbocycles. The lowest BCUT2D eigenvalue weighted by Gasteiger charge is -2.36. The molecule has 1 aliphatic heterocycles. The van der Waals surface area contributed by atoms with Crippen LogP contribution in [0.1, 0.15) is 62.4 Å². The van der Waals surface area contributed by atoms with Crippen LogP contribution in [0.5, 0.6) is 5.75 Å². The normalized spacial score (nSPS) is 16.4. The van der Waals surface area contributed by atoms with E-state index < -0.39 is 23.2 Å². The third kappa shape index (κ3) is 8.56. The predicted molar refractivity (Wildman–Crippen MR) is 165 cm³/mol. The highest BCUT2D eigenvalue weighted by atomic mass is 35.5. The van der Waals surface area contributed by atoms with Gasteiger partial charge in [-0.05, 0) is 67.7 Å². The number of halogens is 4. The van der Waals surface area contributed by atoms with E-state index in [9.17, 15) is 27.9 Å². The molecule has 244 valence electrons. The van der Waals surface area contributed by atoms with Crippen molar-refractivity contribution < 1.29 is 32.6 Å². The Morgan fingerprint density at radius 2 is 1.77 bits per heavy atom. The van der Waals surface area contributed by atoms with Gasteiger partial charge in [-0.2, -0.15) is 13.2 Å². The maximum atomic E-state index is 14.3. The van der Waals surface area contributed by atoms with Crippen LogP contribution >= 0.6 is 11.6 Å². The standard InChI is InChI=1S/C32H44ClF3N4O4/c1-21(2)14-17-44-25-9-7-8-24(19-25)31(43,32(34,35)36)30(42)39(6)20-22(3)18-23-12-15-40(16-13-23)27-11-10-26(28(33)37-27)29(41)38(4)5/h7-11,19,21-23,43H,12-18,20H2,1-6H3. The van der Waals surface area contributed by atoms with Crippen LogP contribution in [-0.4, -0.2) is 85.3 Å². The van der Waals surface area contributed by atoms with Gasteiger partial charge in [0.15, 0.2) is 0 Å². The summed E-state index contributed by atoms with van der Waals surface area (Å²) in [5.74, 6) is -0.253. The third-order valence-electron chi connectivity index (χ3n) is 8.01. The number of hydrogen-bond donors (Lipinski definition) is 1. The Balaban J connectivity index is 1.60. The number of amides is 2. The Bertz CT molecular complexity index is 1280. The molecule has 1 aliphatic rings. The van der Waals surface area contributed by atoms with Gasteiger partial charge >= 0.3 is 6.18 Å². The zero-order valence-corrected chi connectivity index (χ0v) is 27.1. The summed E-state index contributed by atoms with van der Waals surface area (Å²) in [7, 11) is 4.58. The Morgan fingerprint density at radius 1 is 1.11 bits per heavy atom. The number of alkyl halides is 3. The molecule has 3 rings (SSSR count). The highest BCUT2D eigenvalue weighted by Crippen LogP contribution is 2.41. The number of carbonyl (C=O) groups is 2. The first-order valence-electron chi connectivity index (χ1n) is 15.0. The molecule has 2 heterocycles. The molecule has 2 unspecified atom stereocenters. The van der Waals surface area contributed by atoms with E-state index in [-0.39, 0.29) is 29.3 Å². The highest BCUT2D eigenvalue weighted by molar-refractivity contribution is 6.32. The SMILES string of the molecule is CC(C)CCOc1cccc(C(O)(C(=O)N(C)CC(C)CC2CCN(c3ccc(C(=O)N(C)C)c(Cl)n3)CC2)C(F)(F)F)c1. The summed E-state index contributed by atoms with van der Waals surface area (Å²) in [6.07, 6.45) is -2.16. The number of pyridine rings is 1. The van der Waals surface area contributed by atoms with Gasteiger partial charge in [-0.1, -0.05) is 44.5 Å². The molecule has 2 atom stereocenters. The second-order valence-corrected chi connectivity index (χ2v) is 12.8. The molecule has 12 heteroatoms. The van der Waals surface area contributed by atoms with Crippen LogP contribution in [0.4, 0.5) is 19.0 Å². The van der Waals surface area contributed by atoms with Crippen LogP contribution in [0.2, 0.25) is 5.15 Å². The van der Waals surface area contributed by atoms with Gasteiger partial charge in [-0.15, -0.1) is 0 Å². The number of ether oxygens (including phenoxy) is 1. The molecule has 0 spiro atoms. The molecular weight excluding hydrogens is 597 g/mol. The number of anilines is 1. The minimum absolute atomic E-state index is 0.0561. The first-order chi connectivity index (χ1) is 20.5. The van der Waals surface area contributed by atoms with E-state index in [1.165, 1.54) is 24.1 Å². The Hall–Kier alpha value is -3.05. The van der Waals surface area contributed by atoms with Gasteiger partial charge in [0.1, 0.15) is 16.7 Å². The van der Waals surface area contributed by atoms with Gasteiger partial charge < -0.3 is 24.5 Å². The molecule has 2 amide bonds. The molecule has 8 nitrogen and oxygen atoms in total. The number of rotatable bonds is 12. The van der Waals surface area contributed by atoms with Crippen LogP contribution in [0.25, 0.3) is 0 Å². The number of hydrogen-bond acceptors (Lipinski definition) is 6. The molecule has 0 bridgehead atoms. The first-order valence-corrected chi connectivity index (χ1v) is 15.3. The zero-order valence-electron chi connectivity index (χ0n) is 26.3. The molecule has 0 saturated carbocycles. The minimum atomic E-state index is -5.24. The number of piperidine rings is 1. The fraction of sp³-hybridized carbons (Fsp3) is 0.594. The molecular formula is C32H44ClF3N4O4. The predicted octanol–water partition coefficient (Wildman–Crippen LogP) is 6.01. The topological polar surface area (TPSA) is 86.2 Å². The van der Waals surface area contributed by atoms with Gasteiger partial charge in [0, 0.05) is 46.3 Å². The second kappa shape index (κ2) is 14.8. The minimum Gasteiger partial charge on any atom is -0.494 e. The lowest BCUT2D eigenvalue weighted by Crippen LogP contribution is -2.55. The van der Waals surface area contributed by atoms with Crippen molar-refractivity contribution in [1.29, 1.82) is 0 Å². The fourth-order valence-electron chi connectivity index (χ4n) is 5.50. The molecule has 1 aromatic heterocycles. The van der Waals surface area contributed by atoms with Crippen LogP contribution < -0.4 is 9.64 Å². The van der Waals surface area contributed by atoms with Crippen LogP contribution in [0.15, 0.2) is 36.4 Å². The first kappa shape index (κ1) is 35.4. The van der Waals surface area contributed by atoms with Gasteiger partial charge in [0.25, 0.3) is 17.4 Å². The van der Waals surface area contributed by atoms with E-state index >= 15 is 0 Å². The van der Waals surface area contributed by atoms with Crippen LogP contribution in [0.3, 0.4) is 0 Å². The maximum Gasteiger partial charge on any atom is 0.430 e. The summed E-state index contributed by atoms with van der Waals surface area (Å²) in [6.45, 7) is 7.69. The van der Waals surface area contributed by atoms with Crippen molar-refractivity contribution in [3.05, 3.63) is 52.7 Å². The lowest BCUT2D eigenvalue weighted by atomic mass is 9.87. The summed E-state index contributed by atoms with van der Waals surface area (Å²) in [4.78, 5) is 34.4. The van der Waals surface area contributed by atoms with Crippen molar-refractivity contribution in [1.82, 2.24) is 14.8 Å². The third-order valence-corrected chi connectivity index (χ3v) is 8.30. The average Bonchev–Trinajstić information content (AvgIpc) is 2.95. The Morgan fingerprint density at radius 3 is 2.34 bits per heavy atom. The summed E-state index contributed by atoms with van der Waals surface area (Å²) in [5.41, 5.74) is -3.94. The molecule has 0 aliphatic carbocycles. The molecule has 1 N–H and O–H groups in total. The molecule has 1 fully saturated rings. The van der Waals surface area contributed by atoms with Gasteiger partial charge in [-0.25, -0.2) is 4.98 Å². The lowest BCUT2D eigenvalue weighted by molar-refractivity contribution is -0.261. The molecule has 0 radical (unpaired) electrons. The summed E-state index contributed by atoms with van der Waals surface area (Å²) in [6, 6.07) is 8.50. The van der Waals surface area contributed by atoms with Crippen molar-refractivity contribution in [2.24, 2.45) is 17.8 Å². The van der Waals surface area contributed by atoms with E-state index in [1.807, 2.05) is 20.8 Å². The van der Waals surface area contributed by atoms with Gasteiger partial charge in [0.05, 0.1) is 12.2 Å². The smallest absolute Gasteiger partial charge is 0.430 e. The number of aliphatic hydroxyl groups is 1. The monoisotopic (exact) mass is 640 g/mol. The zero-order chi connectivity index (χ0) is 32.8. The van der Waals surface area contributed by atoms with E-state index in [4.69, 9.17) is 16.3 Å². The van der Waals surface area contributed by atoms with E-state index in [0.717, 1.165) is 29.9 Å². The molecule has 44 heavy (non-hydrogen) atoms. The average molecular weight is 641 g/mol. The van der Waals surface area contributed by atoms with Crippen molar-refractivity contribution in [2.45, 2.75) is 58.2 Å². The van der Waals surface area contributed by atoms with Gasteiger partial charge in [0.2, 0.25) is 0 Å². The van der Waals surface area contributed by atoms with Crippen LogP contribution in [0, 0.1) is 17.8 Å². The summed E-state index contributed by atoms with van der Waals surface area (Å²) >= 11 is 6.28. The number of carbonyl (C=O) groups excluding carboxylic acids is 2.